The van der Waals surface area contributed by atoms with E-state index in [0.717, 1.165) is 6.20 Å². The number of aromatic amines is 1. The minimum atomic E-state index is -5.11. The number of anilines is 1. The maximum absolute atomic E-state index is 13.9. The van der Waals surface area contributed by atoms with Gasteiger partial charge in [-0.2, -0.15) is 13.2 Å². The number of hydrogen-bond acceptors (Lipinski definition) is 3. The minimum Gasteiger partial charge on any atom is -0.357 e. The summed E-state index contributed by atoms with van der Waals surface area (Å²) in [5.41, 5.74) is -2.42. The van der Waals surface area contributed by atoms with Crippen LogP contribution in [0.15, 0.2) is 41.7 Å². The van der Waals surface area contributed by atoms with E-state index in [2.05, 4.69) is 9.97 Å². The summed E-state index contributed by atoms with van der Waals surface area (Å²) in [5, 5.41) is 0. The van der Waals surface area contributed by atoms with E-state index in [1.54, 1.807) is 15.5 Å². The molecule has 2 heterocycles. The zero-order chi connectivity index (χ0) is 20.7. The molecule has 12 heteroatoms. The molecule has 0 unspecified atom stereocenters. The third kappa shape index (κ3) is 3.72. The summed E-state index contributed by atoms with van der Waals surface area (Å²) < 4.78 is 93.7. The first-order chi connectivity index (χ1) is 13.0. The third-order valence-corrected chi connectivity index (χ3v) is 5.22. The highest BCUT2D eigenvalue weighted by Gasteiger charge is 2.35. The number of nitrogens with zero attached hydrogens (tertiary/aromatic N) is 2. The van der Waals surface area contributed by atoms with E-state index in [-0.39, 0.29) is 17.0 Å². The topological polar surface area (TPSA) is 79.8 Å². The van der Waals surface area contributed by atoms with Crippen LogP contribution in [0.5, 0.6) is 0 Å². The van der Waals surface area contributed by atoms with Crippen LogP contribution in [0.4, 0.5) is 27.6 Å². The van der Waals surface area contributed by atoms with Crippen molar-refractivity contribution in [2.75, 3.05) is 4.72 Å². The van der Waals surface area contributed by atoms with Gasteiger partial charge in [-0.3, -0.25) is 4.72 Å². The Bertz CT molecular complexity index is 1120. The van der Waals surface area contributed by atoms with Crippen LogP contribution in [0.1, 0.15) is 12.5 Å². The average molecular weight is 420 g/mol. The first-order valence-corrected chi connectivity index (χ1v) is 9.30. The standard InChI is InChI=1S/C16H13F5N4O2S/c1-2-25-4-3-22-15(25)14-5-9(8-23-14)28(26,27)24-13-7-11(17)10(6-12(13)18)16(19,20)21/h3-8,23-24H,2H2,1H3. The highest BCUT2D eigenvalue weighted by Crippen LogP contribution is 2.34. The highest BCUT2D eigenvalue weighted by molar-refractivity contribution is 7.92. The quantitative estimate of drug-likeness (QED) is 0.613. The fraction of sp³-hybridized carbons (Fsp3) is 0.188. The third-order valence-electron chi connectivity index (χ3n) is 3.87. The number of H-pyrrole nitrogens is 1. The molecule has 0 fully saturated rings. The van der Waals surface area contributed by atoms with Gasteiger partial charge in [0.25, 0.3) is 10.0 Å². The van der Waals surface area contributed by atoms with Crippen LogP contribution in [0.25, 0.3) is 11.5 Å². The molecular formula is C16H13F5N4O2S. The average Bonchev–Trinajstić information content (AvgIpc) is 3.24. The summed E-state index contributed by atoms with van der Waals surface area (Å²) in [7, 11) is -4.40. The second-order valence-electron chi connectivity index (χ2n) is 5.70. The predicted molar refractivity (Wildman–Crippen MR) is 89.9 cm³/mol. The van der Waals surface area contributed by atoms with Gasteiger partial charge in [-0.25, -0.2) is 22.2 Å². The van der Waals surface area contributed by atoms with Gasteiger partial charge >= 0.3 is 6.18 Å². The van der Waals surface area contributed by atoms with Crippen LogP contribution in [0.2, 0.25) is 0 Å². The lowest BCUT2D eigenvalue weighted by Crippen LogP contribution is -2.15. The van der Waals surface area contributed by atoms with Crippen molar-refractivity contribution >= 4 is 15.7 Å². The van der Waals surface area contributed by atoms with Gasteiger partial charge in [0.2, 0.25) is 0 Å². The number of aryl methyl sites for hydroxylation is 1. The molecule has 1 aromatic carbocycles. The summed E-state index contributed by atoms with van der Waals surface area (Å²) in [5.74, 6) is -2.91. The lowest BCUT2D eigenvalue weighted by atomic mass is 10.2. The van der Waals surface area contributed by atoms with Crippen molar-refractivity contribution in [2.45, 2.75) is 24.5 Å². The molecule has 0 aliphatic rings. The van der Waals surface area contributed by atoms with Crippen LogP contribution in [-0.2, 0) is 22.7 Å². The largest absolute Gasteiger partial charge is 0.419 e. The van der Waals surface area contributed by atoms with Gasteiger partial charge in [-0.1, -0.05) is 0 Å². The number of imidazole rings is 1. The Kier molecular flexibility index (Phi) is 4.91. The number of alkyl halides is 3. The zero-order valence-electron chi connectivity index (χ0n) is 14.2. The van der Waals surface area contributed by atoms with Crippen LogP contribution in [0, 0.1) is 11.6 Å². The Morgan fingerprint density at radius 3 is 2.54 bits per heavy atom. The Labute approximate surface area is 156 Å². The summed E-state index contributed by atoms with van der Waals surface area (Å²) in [6, 6.07) is 1.26. The van der Waals surface area contributed by atoms with E-state index in [0.29, 0.717) is 18.1 Å². The molecule has 0 radical (unpaired) electrons. The monoisotopic (exact) mass is 420 g/mol. The Hall–Kier alpha value is -2.89. The molecule has 0 saturated heterocycles. The molecular weight excluding hydrogens is 407 g/mol. The van der Waals surface area contributed by atoms with E-state index in [4.69, 9.17) is 0 Å². The molecule has 0 aliphatic carbocycles. The predicted octanol–water partition coefficient (Wildman–Crippen LogP) is 4.00. The van der Waals surface area contributed by atoms with E-state index in [1.165, 1.54) is 12.3 Å². The molecule has 2 aromatic heterocycles. The first-order valence-electron chi connectivity index (χ1n) is 7.82. The molecule has 0 saturated carbocycles. The lowest BCUT2D eigenvalue weighted by molar-refractivity contribution is -0.140. The maximum Gasteiger partial charge on any atom is 0.419 e. The summed E-state index contributed by atoms with van der Waals surface area (Å²) in [6.45, 7) is 2.43. The molecule has 3 rings (SSSR count). The maximum atomic E-state index is 13.9. The second kappa shape index (κ2) is 6.93. The summed E-state index contributed by atoms with van der Waals surface area (Å²) >= 11 is 0. The van der Waals surface area contributed by atoms with E-state index in [9.17, 15) is 30.4 Å². The minimum absolute atomic E-state index is 0.103. The molecule has 3 aromatic rings. The van der Waals surface area contributed by atoms with Gasteiger partial charge in [0, 0.05) is 31.2 Å². The van der Waals surface area contributed by atoms with Crippen molar-refractivity contribution in [3.8, 4) is 11.5 Å². The summed E-state index contributed by atoms with van der Waals surface area (Å²) in [4.78, 5) is 6.48. The second-order valence-corrected chi connectivity index (χ2v) is 7.38. The van der Waals surface area contributed by atoms with Gasteiger partial charge in [0.05, 0.1) is 16.9 Å². The van der Waals surface area contributed by atoms with E-state index in [1.807, 2.05) is 6.92 Å². The Balaban J connectivity index is 1.92. The van der Waals surface area contributed by atoms with Gasteiger partial charge in [0.1, 0.15) is 16.5 Å². The normalized spacial score (nSPS) is 12.4. The van der Waals surface area contributed by atoms with Gasteiger partial charge in [-0.05, 0) is 19.1 Å². The molecule has 150 valence electrons. The number of benzene rings is 1. The number of halogens is 5. The smallest absolute Gasteiger partial charge is 0.357 e. The summed E-state index contributed by atoms with van der Waals surface area (Å²) in [6.07, 6.45) is -0.806. The Morgan fingerprint density at radius 2 is 1.89 bits per heavy atom. The lowest BCUT2D eigenvalue weighted by Gasteiger charge is -2.12. The van der Waals surface area contributed by atoms with E-state index < -0.39 is 39.1 Å². The number of aromatic nitrogens is 3. The number of sulfonamides is 1. The van der Waals surface area contributed by atoms with Crippen molar-refractivity contribution in [3.05, 3.63) is 54.0 Å². The highest BCUT2D eigenvalue weighted by atomic mass is 32.2. The van der Waals surface area contributed by atoms with Crippen LogP contribution in [-0.4, -0.2) is 23.0 Å². The van der Waals surface area contributed by atoms with Gasteiger partial charge in [-0.15, -0.1) is 0 Å². The molecule has 6 nitrogen and oxygen atoms in total. The van der Waals surface area contributed by atoms with Crippen LogP contribution >= 0.6 is 0 Å². The van der Waals surface area contributed by atoms with Crippen molar-refractivity contribution in [2.24, 2.45) is 0 Å². The SMILES string of the molecule is CCn1ccnc1-c1cc(S(=O)(=O)Nc2cc(F)c(C(F)(F)F)cc2F)c[nH]1. The van der Waals surface area contributed by atoms with Crippen LogP contribution < -0.4 is 4.72 Å². The molecule has 28 heavy (non-hydrogen) atoms. The molecule has 0 bridgehead atoms. The number of nitrogens with one attached hydrogen (secondary N) is 2. The van der Waals surface area contributed by atoms with E-state index >= 15 is 0 Å². The molecule has 0 spiro atoms. The van der Waals surface area contributed by atoms with Crippen molar-refractivity contribution in [3.63, 3.8) is 0 Å². The van der Waals surface area contributed by atoms with Gasteiger partial charge < -0.3 is 9.55 Å². The van der Waals surface area contributed by atoms with Crippen molar-refractivity contribution in [1.82, 2.24) is 14.5 Å². The molecule has 0 amide bonds. The van der Waals surface area contributed by atoms with Crippen molar-refractivity contribution in [1.29, 1.82) is 0 Å². The van der Waals surface area contributed by atoms with Crippen molar-refractivity contribution < 1.29 is 30.4 Å². The fourth-order valence-electron chi connectivity index (χ4n) is 2.51. The zero-order valence-corrected chi connectivity index (χ0v) is 15.0. The number of rotatable bonds is 5. The molecule has 2 N–H and O–H groups in total. The first kappa shape index (κ1) is 19.9. The fourth-order valence-corrected chi connectivity index (χ4v) is 3.56. The number of hydrogen-bond donors (Lipinski definition) is 2. The Morgan fingerprint density at radius 1 is 1.18 bits per heavy atom. The molecule has 0 atom stereocenters. The van der Waals surface area contributed by atoms with Gasteiger partial charge in [0.15, 0.2) is 5.82 Å². The van der Waals surface area contributed by atoms with Crippen LogP contribution in [0.3, 0.4) is 0 Å². The molecule has 0 aliphatic heterocycles.